The van der Waals surface area contributed by atoms with Gasteiger partial charge in [0.2, 0.25) is 0 Å². The number of hydrogen-bond donors (Lipinski definition) is 1. The number of anilines is 2. The molecule has 0 aliphatic carbocycles. The molecule has 0 aliphatic rings. The Kier molecular flexibility index (Phi) is 4.19. The van der Waals surface area contributed by atoms with Crippen molar-refractivity contribution in [2.24, 2.45) is 0 Å². The molecule has 0 fully saturated rings. The Morgan fingerprint density at radius 2 is 2.14 bits per heavy atom. The first-order chi connectivity index (χ1) is 10.0. The van der Waals surface area contributed by atoms with Gasteiger partial charge in [0, 0.05) is 24.0 Å². The van der Waals surface area contributed by atoms with Crippen LogP contribution in [0.4, 0.5) is 11.5 Å². The van der Waals surface area contributed by atoms with Gasteiger partial charge in [-0.2, -0.15) is 5.26 Å². The van der Waals surface area contributed by atoms with Gasteiger partial charge in [0.25, 0.3) is 5.91 Å². The summed E-state index contributed by atoms with van der Waals surface area (Å²) in [4.78, 5) is 18.2. The molecule has 2 rings (SSSR count). The molecule has 2 aromatic rings. The quantitative estimate of drug-likeness (QED) is 0.935. The molecule has 0 saturated heterocycles. The molecule has 0 unspecified atom stereocenters. The van der Waals surface area contributed by atoms with Crippen LogP contribution in [0.5, 0.6) is 0 Å². The monoisotopic (exact) mass is 280 g/mol. The molecule has 1 aromatic carbocycles. The van der Waals surface area contributed by atoms with Crippen LogP contribution in [0.2, 0.25) is 0 Å². The normalized spacial score (nSPS) is 9.95. The summed E-state index contributed by atoms with van der Waals surface area (Å²) < 4.78 is 0. The number of hydrogen-bond acceptors (Lipinski definition) is 4. The fourth-order valence-electron chi connectivity index (χ4n) is 2.01. The minimum Gasteiger partial charge on any atom is -0.384 e. The lowest BCUT2D eigenvalue weighted by Gasteiger charge is -2.18. The second kappa shape index (κ2) is 6.06. The van der Waals surface area contributed by atoms with E-state index >= 15 is 0 Å². The van der Waals surface area contributed by atoms with Crippen molar-refractivity contribution in [1.29, 1.82) is 5.26 Å². The topological polar surface area (TPSA) is 83.0 Å². The summed E-state index contributed by atoms with van der Waals surface area (Å²) in [7, 11) is 1.67. The third-order valence-corrected chi connectivity index (χ3v) is 3.17. The smallest absolute Gasteiger partial charge is 0.258 e. The van der Waals surface area contributed by atoms with E-state index in [0.717, 1.165) is 5.69 Å². The van der Waals surface area contributed by atoms with Crippen molar-refractivity contribution in [3.8, 4) is 6.07 Å². The number of rotatable bonds is 3. The van der Waals surface area contributed by atoms with Crippen molar-refractivity contribution < 1.29 is 4.79 Å². The SMILES string of the molecule is CCc1cc(C(=O)N(C)c2cccc(C#N)c2)cc(N)n1. The van der Waals surface area contributed by atoms with Crippen LogP contribution in [0.15, 0.2) is 36.4 Å². The third kappa shape index (κ3) is 3.18. The Morgan fingerprint density at radius 3 is 2.81 bits per heavy atom. The lowest BCUT2D eigenvalue weighted by molar-refractivity contribution is 0.0993. The molecule has 106 valence electrons. The van der Waals surface area contributed by atoms with Gasteiger partial charge in [-0.25, -0.2) is 4.98 Å². The summed E-state index contributed by atoms with van der Waals surface area (Å²) in [6, 6.07) is 12.3. The van der Waals surface area contributed by atoms with Crippen LogP contribution in [0, 0.1) is 11.3 Å². The Hall–Kier alpha value is -2.87. The highest BCUT2D eigenvalue weighted by atomic mass is 16.2. The second-order valence-electron chi connectivity index (χ2n) is 4.65. The maximum absolute atomic E-state index is 12.5. The van der Waals surface area contributed by atoms with E-state index in [4.69, 9.17) is 11.0 Å². The first-order valence-corrected chi connectivity index (χ1v) is 6.59. The van der Waals surface area contributed by atoms with Crippen molar-refractivity contribution in [3.05, 3.63) is 53.2 Å². The van der Waals surface area contributed by atoms with Gasteiger partial charge in [-0.1, -0.05) is 13.0 Å². The molecule has 1 amide bonds. The number of pyridine rings is 1. The van der Waals surface area contributed by atoms with Crippen LogP contribution in [0.1, 0.15) is 28.5 Å². The highest BCUT2D eigenvalue weighted by Crippen LogP contribution is 2.18. The van der Waals surface area contributed by atoms with Crippen LogP contribution in [0.3, 0.4) is 0 Å². The van der Waals surface area contributed by atoms with Gasteiger partial charge in [-0.05, 0) is 36.8 Å². The summed E-state index contributed by atoms with van der Waals surface area (Å²) in [5.74, 6) is 0.144. The molecule has 0 bridgehead atoms. The van der Waals surface area contributed by atoms with Crippen molar-refractivity contribution in [2.75, 3.05) is 17.7 Å². The Morgan fingerprint density at radius 1 is 1.38 bits per heavy atom. The number of nitrogen functional groups attached to an aromatic ring is 1. The Balaban J connectivity index is 2.35. The number of aryl methyl sites for hydroxylation is 1. The predicted octanol–water partition coefficient (Wildman–Crippen LogP) is 2.37. The fourth-order valence-corrected chi connectivity index (χ4v) is 2.01. The molecule has 0 spiro atoms. The van der Waals surface area contributed by atoms with Crippen LogP contribution >= 0.6 is 0 Å². The second-order valence-corrected chi connectivity index (χ2v) is 4.65. The van der Waals surface area contributed by atoms with Crippen molar-refractivity contribution >= 4 is 17.4 Å². The van der Waals surface area contributed by atoms with Gasteiger partial charge in [0.15, 0.2) is 0 Å². The van der Waals surface area contributed by atoms with Crippen LogP contribution in [-0.4, -0.2) is 17.9 Å². The average molecular weight is 280 g/mol. The summed E-state index contributed by atoms with van der Waals surface area (Å²) in [5, 5.41) is 8.93. The Labute approximate surface area is 123 Å². The molecular weight excluding hydrogens is 264 g/mol. The van der Waals surface area contributed by atoms with Gasteiger partial charge in [-0.3, -0.25) is 4.79 Å². The summed E-state index contributed by atoms with van der Waals surface area (Å²) >= 11 is 0. The maximum Gasteiger partial charge on any atom is 0.258 e. The summed E-state index contributed by atoms with van der Waals surface area (Å²) in [5.41, 5.74) is 8.17. The molecule has 0 saturated carbocycles. The van der Waals surface area contributed by atoms with Gasteiger partial charge >= 0.3 is 0 Å². The molecule has 21 heavy (non-hydrogen) atoms. The zero-order valence-corrected chi connectivity index (χ0v) is 12.0. The molecule has 0 atom stereocenters. The first-order valence-electron chi connectivity index (χ1n) is 6.59. The van der Waals surface area contributed by atoms with E-state index in [1.807, 2.05) is 6.92 Å². The minimum atomic E-state index is -0.186. The number of carbonyl (C=O) groups excluding carboxylic acids is 1. The maximum atomic E-state index is 12.5. The third-order valence-electron chi connectivity index (χ3n) is 3.17. The van der Waals surface area contributed by atoms with Gasteiger partial charge in [0.05, 0.1) is 11.6 Å². The minimum absolute atomic E-state index is 0.186. The molecular formula is C16H16N4O. The lowest BCUT2D eigenvalue weighted by Crippen LogP contribution is -2.26. The van der Waals surface area contributed by atoms with Gasteiger partial charge in [-0.15, -0.1) is 0 Å². The lowest BCUT2D eigenvalue weighted by atomic mass is 10.1. The largest absolute Gasteiger partial charge is 0.384 e. The molecule has 0 aliphatic heterocycles. The number of carbonyl (C=O) groups is 1. The van der Waals surface area contributed by atoms with Crippen LogP contribution in [0.25, 0.3) is 0 Å². The highest BCUT2D eigenvalue weighted by molar-refractivity contribution is 6.06. The van der Waals surface area contributed by atoms with E-state index in [1.165, 1.54) is 4.90 Å². The van der Waals surface area contributed by atoms with Crippen molar-refractivity contribution in [1.82, 2.24) is 4.98 Å². The molecule has 1 heterocycles. The average Bonchev–Trinajstić information content (AvgIpc) is 2.52. The zero-order chi connectivity index (χ0) is 15.4. The van der Waals surface area contributed by atoms with Crippen LogP contribution in [-0.2, 0) is 6.42 Å². The van der Waals surface area contributed by atoms with Crippen molar-refractivity contribution in [2.45, 2.75) is 13.3 Å². The van der Waals surface area contributed by atoms with E-state index < -0.39 is 0 Å². The number of nitriles is 1. The molecule has 1 aromatic heterocycles. The summed E-state index contributed by atoms with van der Waals surface area (Å²) in [6.07, 6.45) is 0.707. The van der Waals surface area contributed by atoms with Crippen molar-refractivity contribution in [3.63, 3.8) is 0 Å². The van der Waals surface area contributed by atoms with E-state index in [9.17, 15) is 4.79 Å². The van der Waals surface area contributed by atoms with Crippen LogP contribution < -0.4 is 10.6 Å². The molecule has 5 nitrogen and oxygen atoms in total. The number of benzene rings is 1. The number of amides is 1. The molecule has 5 heteroatoms. The number of aromatic nitrogens is 1. The van der Waals surface area contributed by atoms with E-state index in [-0.39, 0.29) is 5.91 Å². The van der Waals surface area contributed by atoms with E-state index in [2.05, 4.69) is 11.1 Å². The highest BCUT2D eigenvalue weighted by Gasteiger charge is 2.15. The standard InChI is InChI=1S/C16H16N4O/c1-3-13-8-12(9-15(18)19-13)16(21)20(2)14-6-4-5-11(7-14)10-17/h4-9H,3H2,1-2H3,(H2,18,19). The van der Waals surface area contributed by atoms with E-state index in [1.54, 1.807) is 43.4 Å². The fraction of sp³-hybridized carbons (Fsp3) is 0.188. The predicted molar refractivity (Wildman–Crippen MR) is 81.9 cm³/mol. The van der Waals surface area contributed by atoms with E-state index in [0.29, 0.717) is 29.1 Å². The van der Waals surface area contributed by atoms with Gasteiger partial charge in [0.1, 0.15) is 5.82 Å². The summed E-state index contributed by atoms with van der Waals surface area (Å²) in [6.45, 7) is 1.95. The Bertz CT molecular complexity index is 718. The first kappa shape index (κ1) is 14.5. The molecule has 0 radical (unpaired) electrons. The molecule has 2 N–H and O–H groups in total. The van der Waals surface area contributed by atoms with Gasteiger partial charge < -0.3 is 10.6 Å². The number of nitrogens with two attached hydrogens (primary N) is 1. The number of nitrogens with zero attached hydrogens (tertiary/aromatic N) is 3. The zero-order valence-electron chi connectivity index (χ0n) is 12.0.